The average Bonchev–Trinajstić information content (AvgIpc) is 2.38. The fourth-order valence-electron chi connectivity index (χ4n) is 1.85. The molecule has 17 heavy (non-hydrogen) atoms. The van der Waals surface area contributed by atoms with Gasteiger partial charge in [0.05, 0.1) is 24.8 Å². The number of rotatable bonds is 5. The molecule has 4 atom stereocenters. The van der Waals surface area contributed by atoms with E-state index in [0.717, 1.165) is 0 Å². The van der Waals surface area contributed by atoms with Crippen molar-refractivity contribution in [2.75, 3.05) is 6.61 Å². The Bertz CT molecular complexity index is 246. The van der Waals surface area contributed by atoms with Crippen LogP contribution in [0.15, 0.2) is 0 Å². The maximum absolute atomic E-state index is 14.4. The molecule has 98 valence electrons. The van der Waals surface area contributed by atoms with Gasteiger partial charge >= 0.3 is 0 Å². The minimum atomic E-state index is -1.69. The molecule has 1 unspecified atom stereocenters. The lowest BCUT2D eigenvalue weighted by Crippen LogP contribution is -2.45. The normalized spacial score (nSPS) is 38.2. The summed E-state index contributed by atoms with van der Waals surface area (Å²) in [4.78, 5) is 0. The molecule has 1 fully saturated rings. The highest BCUT2D eigenvalue weighted by atomic mass is 19.1. The highest BCUT2D eigenvalue weighted by molar-refractivity contribution is 6.12. The molecule has 0 bridgehead atoms. The zero-order valence-electron chi connectivity index (χ0n) is 11.3. The highest BCUT2D eigenvalue weighted by Gasteiger charge is 2.53. The van der Waals surface area contributed by atoms with Crippen LogP contribution in [0.5, 0.6) is 0 Å². The molecule has 1 aliphatic rings. The molecular formula is C12H22BFO3. The van der Waals surface area contributed by atoms with Gasteiger partial charge in [-0.2, -0.15) is 0 Å². The van der Waals surface area contributed by atoms with Crippen molar-refractivity contribution < 1.29 is 18.6 Å². The number of hydrogen-bond acceptors (Lipinski definition) is 3. The number of hydrogen-bond donors (Lipinski definition) is 0. The second kappa shape index (κ2) is 5.68. The van der Waals surface area contributed by atoms with Gasteiger partial charge in [0.2, 0.25) is 0 Å². The summed E-state index contributed by atoms with van der Waals surface area (Å²) < 4.78 is 30.8. The van der Waals surface area contributed by atoms with Crippen LogP contribution in [0.4, 0.5) is 4.39 Å². The number of ether oxygens (including phenoxy) is 3. The van der Waals surface area contributed by atoms with Crippen molar-refractivity contribution in [1.82, 2.24) is 0 Å². The van der Waals surface area contributed by atoms with Crippen LogP contribution in [0.25, 0.3) is 0 Å². The fraction of sp³-hybridized carbons (Fsp3) is 1.00. The van der Waals surface area contributed by atoms with Crippen molar-refractivity contribution in [1.29, 1.82) is 0 Å². The van der Waals surface area contributed by atoms with Gasteiger partial charge in [0.15, 0.2) is 5.67 Å². The molecule has 0 aromatic carbocycles. The molecule has 1 rings (SSSR count). The Hall–Kier alpha value is -0.125. The highest BCUT2D eigenvalue weighted by Crippen LogP contribution is 2.36. The third-order valence-electron chi connectivity index (χ3n) is 2.78. The quantitative estimate of drug-likeness (QED) is 0.690. The molecule has 0 aromatic heterocycles. The first kappa shape index (κ1) is 14.9. The van der Waals surface area contributed by atoms with Crippen molar-refractivity contribution in [3.63, 3.8) is 0 Å². The maximum Gasteiger partial charge on any atom is 0.154 e. The topological polar surface area (TPSA) is 27.7 Å². The van der Waals surface area contributed by atoms with Crippen LogP contribution < -0.4 is 0 Å². The molecule has 0 aliphatic carbocycles. The van der Waals surface area contributed by atoms with Crippen molar-refractivity contribution in [3.8, 4) is 0 Å². The summed E-state index contributed by atoms with van der Waals surface area (Å²) in [6, 6.07) is -0.966. The minimum absolute atomic E-state index is 0.0704. The third-order valence-corrected chi connectivity index (χ3v) is 2.78. The lowest BCUT2D eigenvalue weighted by atomic mass is 9.83. The van der Waals surface area contributed by atoms with E-state index in [-0.39, 0.29) is 12.2 Å². The van der Waals surface area contributed by atoms with E-state index in [1.165, 1.54) is 6.92 Å². The van der Waals surface area contributed by atoms with Gasteiger partial charge in [-0.05, 0) is 34.6 Å². The molecular weight excluding hydrogens is 222 g/mol. The van der Waals surface area contributed by atoms with Crippen molar-refractivity contribution in [3.05, 3.63) is 0 Å². The molecule has 3 nitrogen and oxygen atoms in total. The van der Waals surface area contributed by atoms with Crippen molar-refractivity contribution >= 4 is 7.85 Å². The SMILES string of the molecule is [B][C@@H]1O[C@H](COC(C)C)C(OC(C)C)[C@@]1(C)F. The van der Waals surface area contributed by atoms with Gasteiger partial charge < -0.3 is 14.2 Å². The van der Waals surface area contributed by atoms with Crippen LogP contribution in [-0.2, 0) is 14.2 Å². The van der Waals surface area contributed by atoms with Crippen LogP contribution in [0, 0.1) is 0 Å². The zero-order chi connectivity index (χ0) is 13.2. The first-order chi connectivity index (χ1) is 7.75. The molecule has 0 amide bonds. The molecule has 1 heterocycles. The lowest BCUT2D eigenvalue weighted by molar-refractivity contribution is -0.0983. The third kappa shape index (κ3) is 3.67. The van der Waals surface area contributed by atoms with E-state index in [1.807, 2.05) is 27.7 Å². The van der Waals surface area contributed by atoms with Gasteiger partial charge in [-0.15, -0.1) is 0 Å². The summed E-state index contributed by atoms with van der Waals surface area (Å²) in [7, 11) is 5.64. The van der Waals surface area contributed by atoms with E-state index in [0.29, 0.717) is 6.61 Å². The minimum Gasteiger partial charge on any atom is -0.376 e. The second-order valence-electron chi connectivity index (χ2n) is 5.23. The number of halogens is 1. The summed E-state index contributed by atoms with van der Waals surface area (Å²) >= 11 is 0. The van der Waals surface area contributed by atoms with Crippen LogP contribution >= 0.6 is 0 Å². The van der Waals surface area contributed by atoms with E-state index >= 15 is 0 Å². The van der Waals surface area contributed by atoms with Crippen LogP contribution in [0.2, 0.25) is 0 Å². The predicted molar refractivity (Wildman–Crippen MR) is 65.0 cm³/mol. The smallest absolute Gasteiger partial charge is 0.154 e. The monoisotopic (exact) mass is 244 g/mol. The molecule has 0 N–H and O–H groups in total. The predicted octanol–water partition coefficient (Wildman–Crippen LogP) is 1.83. The Morgan fingerprint density at radius 2 is 1.88 bits per heavy atom. The van der Waals surface area contributed by atoms with Gasteiger partial charge in [0.25, 0.3) is 0 Å². The Balaban J connectivity index is 2.68. The van der Waals surface area contributed by atoms with E-state index < -0.39 is 23.9 Å². The summed E-state index contributed by atoms with van der Waals surface area (Å²) in [6.45, 7) is 9.27. The van der Waals surface area contributed by atoms with Crippen LogP contribution in [0.3, 0.4) is 0 Å². The van der Waals surface area contributed by atoms with Crippen molar-refractivity contribution in [2.45, 2.75) is 70.7 Å². The van der Waals surface area contributed by atoms with Gasteiger partial charge in [-0.3, -0.25) is 0 Å². The van der Waals surface area contributed by atoms with E-state index in [2.05, 4.69) is 0 Å². The summed E-state index contributed by atoms with van der Waals surface area (Å²) in [5.74, 6) is 0. The maximum atomic E-state index is 14.4. The fourth-order valence-corrected chi connectivity index (χ4v) is 1.85. The first-order valence-corrected chi connectivity index (χ1v) is 6.12. The summed E-state index contributed by atoms with van der Waals surface area (Å²) in [5.41, 5.74) is -1.69. The molecule has 1 aliphatic heterocycles. The Morgan fingerprint density at radius 1 is 1.29 bits per heavy atom. The van der Waals surface area contributed by atoms with E-state index in [9.17, 15) is 4.39 Å². The Morgan fingerprint density at radius 3 is 2.35 bits per heavy atom. The molecule has 5 heteroatoms. The summed E-state index contributed by atoms with van der Waals surface area (Å²) in [5, 5.41) is 0. The lowest BCUT2D eigenvalue weighted by Gasteiger charge is -2.28. The molecule has 0 saturated carbocycles. The van der Waals surface area contributed by atoms with E-state index in [4.69, 9.17) is 22.1 Å². The Labute approximate surface area is 104 Å². The largest absolute Gasteiger partial charge is 0.376 e. The summed E-state index contributed by atoms with van der Waals surface area (Å²) in [6.07, 6.45) is -1.15. The average molecular weight is 244 g/mol. The molecule has 0 spiro atoms. The molecule has 1 saturated heterocycles. The second-order valence-corrected chi connectivity index (χ2v) is 5.23. The zero-order valence-corrected chi connectivity index (χ0v) is 11.3. The standard InChI is InChI=1S/C12H22BFO3/c1-7(2)15-6-9-10(16-8(3)4)12(5,14)11(13)17-9/h7-11H,6H2,1-5H3/t9-,10?,11-,12-/m1/s1. The van der Waals surface area contributed by atoms with E-state index in [1.54, 1.807) is 0 Å². The molecule has 0 aromatic rings. The van der Waals surface area contributed by atoms with Crippen molar-refractivity contribution in [2.24, 2.45) is 0 Å². The van der Waals surface area contributed by atoms with Gasteiger partial charge in [-0.25, -0.2) is 4.39 Å². The van der Waals surface area contributed by atoms with Gasteiger partial charge in [0, 0.05) is 0 Å². The molecule has 2 radical (unpaired) electrons. The van der Waals surface area contributed by atoms with Crippen LogP contribution in [-0.4, -0.2) is 50.5 Å². The van der Waals surface area contributed by atoms with Gasteiger partial charge in [0.1, 0.15) is 20.1 Å². The Kier molecular flexibility index (Phi) is 4.99. The van der Waals surface area contributed by atoms with Gasteiger partial charge in [-0.1, -0.05) is 0 Å². The first-order valence-electron chi connectivity index (χ1n) is 6.12. The van der Waals surface area contributed by atoms with Crippen LogP contribution in [0.1, 0.15) is 34.6 Å². The number of alkyl halides is 1.